The van der Waals surface area contributed by atoms with Gasteiger partial charge in [0, 0.05) is 31.5 Å². The Morgan fingerprint density at radius 2 is 2.08 bits per heavy atom. The van der Waals surface area contributed by atoms with E-state index < -0.39 is 6.10 Å². The summed E-state index contributed by atoms with van der Waals surface area (Å²) in [4.78, 5) is 14.4. The van der Waals surface area contributed by atoms with E-state index in [1.54, 1.807) is 11.0 Å². The van der Waals surface area contributed by atoms with Crippen molar-refractivity contribution in [2.75, 3.05) is 13.1 Å². The number of rotatable bonds is 4. The van der Waals surface area contributed by atoms with Crippen LogP contribution in [0, 0.1) is 0 Å². The van der Waals surface area contributed by atoms with Crippen LogP contribution in [-0.4, -0.2) is 55.3 Å². The van der Waals surface area contributed by atoms with E-state index in [1.807, 2.05) is 23.1 Å². The molecule has 1 aliphatic carbocycles. The molecule has 2 heterocycles. The minimum absolute atomic E-state index is 0.151. The van der Waals surface area contributed by atoms with Crippen molar-refractivity contribution in [3.8, 4) is 0 Å². The number of hydrogen-bond donors (Lipinski definition) is 2. The van der Waals surface area contributed by atoms with Crippen LogP contribution >= 0.6 is 0 Å². The number of nitrogens with two attached hydrogens (primary N) is 1. The second kappa shape index (κ2) is 6.77. The average molecular weight is 356 g/mol. The lowest BCUT2D eigenvalue weighted by atomic mass is 9.72. The van der Waals surface area contributed by atoms with E-state index in [0.717, 1.165) is 24.0 Å². The van der Waals surface area contributed by atoms with E-state index in [2.05, 4.69) is 21.6 Å². The Morgan fingerprint density at radius 1 is 1.31 bits per heavy atom. The summed E-state index contributed by atoms with van der Waals surface area (Å²) in [5, 5.41) is 21.8. The molecule has 0 radical (unpaired) electrons. The molecular weight excluding hydrogens is 332 g/mol. The van der Waals surface area contributed by atoms with Gasteiger partial charge in [-0.15, -0.1) is 5.10 Å². The van der Waals surface area contributed by atoms with Crippen LogP contribution in [0.25, 0.3) is 0 Å². The lowest BCUT2D eigenvalue weighted by Gasteiger charge is -2.42. The van der Waals surface area contributed by atoms with Gasteiger partial charge in [-0.1, -0.05) is 24.3 Å². The number of carbonyl (C=O) groups excluding carboxylic acids is 1. The summed E-state index contributed by atoms with van der Waals surface area (Å²) in [5.41, 5.74) is 8.13. The van der Waals surface area contributed by atoms with Crippen LogP contribution in [0.5, 0.6) is 0 Å². The molecule has 1 aliphatic heterocycles. The first kappa shape index (κ1) is 17.1. The molecule has 0 bridgehead atoms. The molecule has 1 aromatic carbocycles. The van der Waals surface area contributed by atoms with Crippen molar-refractivity contribution in [2.24, 2.45) is 5.73 Å². The van der Waals surface area contributed by atoms with Gasteiger partial charge >= 0.3 is 0 Å². The maximum atomic E-state index is 12.5. The molecule has 1 saturated heterocycles. The van der Waals surface area contributed by atoms with E-state index in [0.29, 0.717) is 32.5 Å². The zero-order valence-electron chi connectivity index (χ0n) is 14.7. The molecule has 1 aromatic heterocycles. The third-order valence-corrected chi connectivity index (χ3v) is 5.94. The van der Waals surface area contributed by atoms with Crippen molar-refractivity contribution in [2.45, 2.75) is 49.8 Å². The predicted molar refractivity (Wildman–Crippen MR) is 93.9 cm³/mol. The number of piperidine rings is 1. The molecule has 2 aromatic rings. The van der Waals surface area contributed by atoms with Gasteiger partial charge in [0.2, 0.25) is 5.91 Å². The second-order valence-electron chi connectivity index (χ2n) is 7.27. The molecule has 1 fully saturated rings. The quantitative estimate of drug-likeness (QED) is 0.820. The van der Waals surface area contributed by atoms with Crippen LogP contribution in [0.2, 0.25) is 0 Å². The highest BCUT2D eigenvalue weighted by molar-refractivity contribution is 5.76. The van der Waals surface area contributed by atoms with E-state index in [1.165, 1.54) is 0 Å². The molecule has 0 unspecified atom stereocenters. The molecular formula is C18H24N6O2. The van der Waals surface area contributed by atoms with Crippen molar-refractivity contribution in [3.63, 3.8) is 0 Å². The Hall–Kier alpha value is -2.32. The SMILES string of the molecule is N[C@H]1c2ccccc2C2(CCN(C(=O)CCCn3cnnn3)CC2)[C@@H]1O. The monoisotopic (exact) mass is 356 g/mol. The largest absolute Gasteiger partial charge is 0.390 e. The molecule has 4 rings (SSSR count). The minimum Gasteiger partial charge on any atom is -0.390 e. The molecule has 8 heteroatoms. The zero-order valence-corrected chi connectivity index (χ0v) is 14.7. The average Bonchev–Trinajstić information content (AvgIpc) is 3.26. The van der Waals surface area contributed by atoms with E-state index in [-0.39, 0.29) is 17.4 Å². The first-order chi connectivity index (χ1) is 12.6. The second-order valence-corrected chi connectivity index (χ2v) is 7.27. The molecule has 1 spiro atoms. The summed E-state index contributed by atoms with van der Waals surface area (Å²) < 4.78 is 1.63. The minimum atomic E-state index is -0.586. The Bertz CT molecular complexity index is 770. The van der Waals surface area contributed by atoms with Crippen molar-refractivity contribution in [1.29, 1.82) is 0 Å². The Morgan fingerprint density at radius 3 is 2.81 bits per heavy atom. The summed E-state index contributed by atoms with van der Waals surface area (Å²) >= 11 is 0. The zero-order chi connectivity index (χ0) is 18.1. The van der Waals surface area contributed by atoms with Gasteiger partial charge in [0.15, 0.2) is 0 Å². The lowest BCUT2D eigenvalue weighted by molar-refractivity contribution is -0.133. The fraction of sp³-hybridized carbons (Fsp3) is 0.556. The molecule has 0 saturated carbocycles. The molecule has 2 aliphatic rings. The Labute approximate surface area is 152 Å². The van der Waals surface area contributed by atoms with Crippen LogP contribution in [0.1, 0.15) is 42.9 Å². The number of aliphatic hydroxyl groups is 1. The number of carbonyl (C=O) groups is 1. The first-order valence-corrected chi connectivity index (χ1v) is 9.13. The van der Waals surface area contributed by atoms with Gasteiger partial charge in [-0.25, -0.2) is 4.68 Å². The summed E-state index contributed by atoms with van der Waals surface area (Å²) in [5.74, 6) is 0.151. The highest BCUT2D eigenvalue weighted by Gasteiger charge is 2.51. The predicted octanol–water partition coefficient (Wildman–Crippen LogP) is 0.388. The van der Waals surface area contributed by atoms with Gasteiger partial charge < -0.3 is 15.7 Å². The van der Waals surface area contributed by atoms with Crippen LogP contribution < -0.4 is 5.73 Å². The summed E-state index contributed by atoms with van der Waals surface area (Å²) in [7, 11) is 0. The number of nitrogens with zero attached hydrogens (tertiary/aromatic N) is 5. The summed E-state index contributed by atoms with van der Waals surface area (Å²) in [6.07, 6.45) is 3.65. The third kappa shape index (κ3) is 2.79. The number of aliphatic hydroxyl groups excluding tert-OH is 1. The third-order valence-electron chi connectivity index (χ3n) is 5.94. The molecule has 8 nitrogen and oxygen atoms in total. The molecule has 3 N–H and O–H groups in total. The Balaban J connectivity index is 1.37. The van der Waals surface area contributed by atoms with Crippen LogP contribution in [0.3, 0.4) is 0 Å². The lowest BCUT2D eigenvalue weighted by Crippen LogP contribution is -2.50. The van der Waals surface area contributed by atoms with Gasteiger partial charge in [-0.3, -0.25) is 4.79 Å². The van der Waals surface area contributed by atoms with Gasteiger partial charge in [-0.05, 0) is 40.8 Å². The van der Waals surface area contributed by atoms with E-state index >= 15 is 0 Å². The smallest absolute Gasteiger partial charge is 0.222 e. The van der Waals surface area contributed by atoms with Crippen LogP contribution in [0.15, 0.2) is 30.6 Å². The van der Waals surface area contributed by atoms with Crippen molar-refractivity contribution >= 4 is 5.91 Å². The van der Waals surface area contributed by atoms with Crippen LogP contribution in [-0.2, 0) is 16.8 Å². The molecule has 1 amide bonds. The number of amides is 1. The topological polar surface area (TPSA) is 110 Å². The number of aromatic nitrogens is 4. The number of likely N-dealkylation sites (tertiary alicyclic amines) is 1. The van der Waals surface area contributed by atoms with E-state index in [4.69, 9.17) is 5.73 Å². The highest BCUT2D eigenvalue weighted by atomic mass is 16.3. The number of benzene rings is 1. The fourth-order valence-corrected chi connectivity index (χ4v) is 4.47. The Kier molecular flexibility index (Phi) is 4.46. The van der Waals surface area contributed by atoms with Crippen molar-refractivity contribution < 1.29 is 9.90 Å². The van der Waals surface area contributed by atoms with E-state index in [9.17, 15) is 9.90 Å². The van der Waals surface area contributed by atoms with Crippen molar-refractivity contribution in [1.82, 2.24) is 25.1 Å². The summed E-state index contributed by atoms with van der Waals surface area (Å²) in [6.45, 7) is 1.95. The molecule has 26 heavy (non-hydrogen) atoms. The number of tetrazole rings is 1. The van der Waals surface area contributed by atoms with Crippen LogP contribution in [0.4, 0.5) is 0 Å². The van der Waals surface area contributed by atoms with Gasteiger partial charge in [0.05, 0.1) is 12.1 Å². The summed E-state index contributed by atoms with van der Waals surface area (Å²) in [6, 6.07) is 7.71. The molecule has 2 atom stereocenters. The normalized spacial score (nSPS) is 24.0. The molecule has 138 valence electrons. The van der Waals surface area contributed by atoms with Gasteiger partial charge in [0.25, 0.3) is 0 Å². The maximum Gasteiger partial charge on any atom is 0.222 e. The number of fused-ring (bicyclic) bond motifs is 2. The number of hydrogen-bond acceptors (Lipinski definition) is 6. The first-order valence-electron chi connectivity index (χ1n) is 9.13. The highest BCUT2D eigenvalue weighted by Crippen LogP contribution is 2.50. The maximum absolute atomic E-state index is 12.5. The standard InChI is InChI=1S/C18H24N6O2/c19-16-13-4-1-2-5-14(13)18(17(16)26)7-10-23(11-8-18)15(25)6-3-9-24-12-20-21-22-24/h1-2,4-5,12,16-17,26H,3,6-11,19H2/t16-,17+/m0/s1. The number of aryl methyl sites for hydroxylation is 1. The fourth-order valence-electron chi connectivity index (χ4n) is 4.47. The van der Waals surface area contributed by atoms with Gasteiger partial charge in [0.1, 0.15) is 6.33 Å². The van der Waals surface area contributed by atoms with Gasteiger partial charge in [-0.2, -0.15) is 0 Å². The van der Waals surface area contributed by atoms with Crippen molar-refractivity contribution in [3.05, 3.63) is 41.7 Å².